The van der Waals surface area contributed by atoms with Crippen LogP contribution < -0.4 is 5.32 Å². The van der Waals surface area contributed by atoms with Crippen LogP contribution >= 0.6 is 22.9 Å². The van der Waals surface area contributed by atoms with Crippen molar-refractivity contribution >= 4 is 39.9 Å². The maximum atomic E-state index is 13.8. The quantitative estimate of drug-likeness (QED) is 0.681. The molecule has 2 heterocycles. The van der Waals surface area contributed by atoms with Gasteiger partial charge in [-0.1, -0.05) is 41.1 Å². The van der Waals surface area contributed by atoms with Gasteiger partial charge in [0.1, 0.15) is 6.04 Å². The van der Waals surface area contributed by atoms with E-state index in [2.05, 4.69) is 15.5 Å². The highest BCUT2D eigenvalue weighted by molar-refractivity contribution is 7.18. The highest BCUT2D eigenvalue weighted by atomic mass is 35.5. The molecule has 8 heteroatoms. The Balaban J connectivity index is 1.17. The van der Waals surface area contributed by atoms with Crippen molar-refractivity contribution in [2.45, 2.75) is 57.4 Å². The molecule has 5 aliphatic rings. The van der Waals surface area contributed by atoms with E-state index in [-0.39, 0.29) is 17.2 Å². The molecule has 1 saturated heterocycles. The highest BCUT2D eigenvalue weighted by Gasteiger charge is 2.56. The van der Waals surface area contributed by atoms with Gasteiger partial charge in [0.25, 0.3) is 0 Å². The van der Waals surface area contributed by atoms with Crippen LogP contribution in [0.4, 0.5) is 5.13 Å². The van der Waals surface area contributed by atoms with E-state index in [9.17, 15) is 9.59 Å². The summed E-state index contributed by atoms with van der Waals surface area (Å²) in [5.74, 6) is 2.23. The second-order valence-corrected chi connectivity index (χ2v) is 11.6. The number of hydrogen-bond acceptors (Lipinski definition) is 5. The number of nitrogens with one attached hydrogen (secondary N) is 1. The van der Waals surface area contributed by atoms with Crippen molar-refractivity contribution < 1.29 is 9.59 Å². The first-order chi connectivity index (χ1) is 15.5. The molecule has 5 fully saturated rings. The Hall–Kier alpha value is -1.99. The monoisotopic (exact) mass is 470 g/mol. The summed E-state index contributed by atoms with van der Waals surface area (Å²) in [6.45, 7) is 0.680. The maximum Gasteiger partial charge on any atom is 0.249 e. The number of anilines is 1. The smallest absolute Gasteiger partial charge is 0.249 e. The van der Waals surface area contributed by atoms with Gasteiger partial charge in [0, 0.05) is 12.1 Å². The zero-order valence-electron chi connectivity index (χ0n) is 17.9. The number of benzene rings is 1. The molecule has 1 N–H and O–H groups in total. The maximum absolute atomic E-state index is 13.8. The lowest BCUT2D eigenvalue weighted by atomic mass is 9.49. The lowest BCUT2D eigenvalue weighted by Gasteiger charge is -2.56. The Bertz CT molecular complexity index is 1030. The Morgan fingerprint density at radius 3 is 2.44 bits per heavy atom. The number of hydrogen-bond donors (Lipinski definition) is 1. The first-order valence-corrected chi connectivity index (χ1v) is 12.9. The fraction of sp³-hybridized carbons (Fsp3) is 0.583. The zero-order chi connectivity index (χ0) is 21.9. The molecule has 7 rings (SSSR count). The van der Waals surface area contributed by atoms with E-state index in [4.69, 9.17) is 11.6 Å². The number of aromatic nitrogens is 2. The summed E-state index contributed by atoms with van der Waals surface area (Å²) in [7, 11) is 0. The molecule has 32 heavy (non-hydrogen) atoms. The minimum Gasteiger partial charge on any atom is -0.330 e. The first kappa shape index (κ1) is 20.6. The third kappa shape index (κ3) is 3.45. The van der Waals surface area contributed by atoms with Gasteiger partial charge in [0.15, 0.2) is 5.01 Å². The summed E-state index contributed by atoms with van der Waals surface area (Å²) in [5, 5.41) is 13.0. The van der Waals surface area contributed by atoms with Crippen LogP contribution in [-0.4, -0.2) is 39.5 Å². The van der Waals surface area contributed by atoms with E-state index >= 15 is 0 Å². The van der Waals surface area contributed by atoms with E-state index in [1.54, 1.807) is 0 Å². The molecule has 4 saturated carbocycles. The van der Waals surface area contributed by atoms with Crippen molar-refractivity contribution in [1.82, 2.24) is 15.1 Å². The van der Waals surface area contributed by atoms with Crippen LogP contribution in [0.1, 0.15) is 51.4 Å². The molecule has 1 aliphatic heterocycles. The Labute approximate surface area is 196 Å². The van der Waals surface area contributed by atoms with Gasteiger partial charge in [-0.25, -0.2) is 0 Å². The summed E-state index contributed by atoms with van der Waals surface area (Å²) in [6, 6.07) is 7.04. The van der Waals surface area contributed by atoms with E-state index in [0.717, 1.165) is 31.2 Å². The summed E-state index contributed by atoms with van der Waals surface area (Å²) < 4.78 is 0. The average Bonchev–Trinajstić information content (AvgIpc) is 3.42. The summed E-state index contributed by atoms with van der Waals surface area (Å²) in [5.41, 5.74) is 0.587. The zero-order valence-corrected chi connectivity index (χ0v) is 19.5. The minimum absolute atomic E-state index is 0.151. The summed E-state index contributed by atoms with van der Waals surface area (Å²) >= 11 is 7.57. The molecule has 0 spiro atoms. The SMILES string of the molecule is O=C(Nc1nnc(-c2ccccc2Cl)s1)C1CCCN1C(=O)C12CC3CC(CC(C3)C1)C2. The number of amides is 2. The van der Waals surface area contributed by atoms with Crippen LogP contribution in [0.2, 0.25) is 5.02 Å². The van der Waals surface area contributed by atoms with Crippen molar-refractivity contribution in [3.63, 3.8) is 0 Å². The van der Waals surface area contributed by atoms with Gasteiger partial charge in [0.2, 0.25) is 16.9 Å². The Kier molecular flexibility index (Phi) is 5.02. The largest absolute Gasteiger partial charge is 0.330 e. The molecule has 2 aromatic rings. The van der Waals surface area contributed by atoms with Gasteiger partial charge >= 0.3 is 0 Å². The van der Waals surface area contributed by atoms with Gasteiger partial charge in [-0.05, 0) is 75.2 Å². The lowest BCUT2D eigenvalue weighted by molar-refractivity contribution is -0.160. The van der Waals surface area contributed by atoms with E-state index in [1.807, 2.05) is 29.2 Å². The van der Waals surface area contributed by atoms with Gasteiger partial charge in [0.05, 0.1) is 10.4 Å². The molecule has 2 amide bonds. The third-order valence-electron chi connectivity index (χ3n) is 8.07. The molecule has 1 aromatic heterocycles. The third-order valence-corrected chi connectivity index (χ3v) is 9.27. The van der Waals surface area contributed by atoms with E-state index in [1.165, 1.54) is 30.6 Å². The number of rotatable bonds is 4. The van der Waals surface area contributed by atoms with Gasteiger partial charge in [-0.15, -0.1) is 10.2 Å². The molecular formula is C24H27ClN4O2S. The number of carbonyl (C=O) groups is 2. The van der Waals surface area contributed by atoms with Crippen molar-refractivity contribution in [1.29, 1.82) is 0 Å². The molecule has 1 atom stereocenters. The second kappa shape index (κ2) is 7.80. The molecule has 4 aliphatic carbocycles. The number of halogens is 1. The second-order valence-electron chi connectivity index (χ2n) is 10.2. The Morgan fingerprint density at radius 1 is 1.06 bits per heavy atom. The molecule has 4 bridgehead atoms. The molecule has 168 valence electrons. The van der Waals surface area contributed by atoms with Gasteiger partial charge < -0.3 is 4.90 Å². The van der Waals surface area contributed by atoms with Crippen LogP contribution in [0.25, 0.3) is 10.6 Å². The number of likely N-dealkylation sites (tertiary alicyclic amines) is 1. The standard InChI is InChI=1S/C24H27ClN4O2S/c25-18-5-2-1-4-17(18)21-27-28-23(32-21)26-20(30)19-6-3-7-29(19)22(31)24-11-14-8-15(12-24)10-16(9-14)13-24/h1-2,4-5,14-16,19H,3,6-13H2,(H,26,28,30). The minimum atomic E-state index is -0.414. The Morgan fingerprint density at radius 2 is 1.75 bits per heavy atom. The normalized spacial score (nSPS) is 33.0. The fourth-order valence-electron chi connectivity index (χ4n) is 7.17. The van der Waals surface area contributed by atoms with Crippen molar-refractivity contribution in [3.05, 3.63) is 29.3 Å². The van der Waals surface area contributed by atoms with Crippen LogP contribution in [-0.2, 0) is 9.59 Å². The van der Waals surface area contributed by atoms with Gasteiger partial charge in [-0.3, -0.25) is 14.9 Å². The average molecular weight is 471 g/mol. The summed E-state index contributed by atoms with van der Waals surface area (Å²) in [6.07, 6.45) is 8.59. The highest BCUT2D eigenvalue weighted by Crippen LogP contribution is 2.60. The molecule has 1 unspecified atom stereocenters. The predicted octanol–water partition coefficient (Wildman–Crippen LogP) is 5.00. The van der Waals surface area contributed by atoms with Crippen molar-refractivity contribution in [3.8, 4) is 10.6 Å². The lowest BCUT2D eigenvalue weighted by Crippen LogP contribution is -2.56. The van der Waals surface area contributed by atoms with Crippen LogP contribution in [0.5, 0.6) is 0 Å². The molecular weight excluding hydrogens is 444 g/mol. The fourth-order valence-corrected chi connectivity index (χ4v) is 8.23. The van der Waals surface area contributed by atoms with Crippen molar-refractivity contribution in [2.24, 2.45) is 23.2 Å². The molecule has 6 nitrogen and oxygen atoms in total. The molecule has 0 radical (unpaired) electrons. The van der Waals surface area contributed by atoms with Crippen LogP contribution in [0, 0.1) is 23.2 Å². The summed E-state index contributed by atoms with van der Waals surface area (Å²) in [4.78, 5) is 28.9. The molecule has 1 aromatic carbocycles. The van der Waals surface area contributed by atoms with Crippen LogP contribution in [0.15, 0.2) is 24.3 Å². The van der Waals surface area contributed by atoms with Crippen molar-refractivity contribution in [2.75, 3.05) is 11.9 Å². The predicted molar refractivity (Wildman–Crippen MR) is 124 cm³/mol. The first-order valence-electron chi connectivity index (χ1n) is 11.7. The van der Waals surface area contributed by atoms with E-state index < -0.39 is 6.04 Å². The van der Waals surface area contributed by atoms with E-state index in [0.29, 0.717) is 45.9 Å². The topological polar surface area (TPSA) is 75.2 Å². The number of nitrogens with zero attached hydrogens (tertiary/aromatic N) is 3. The number of carbonyl (C=O) groups excluding carboxylic acids is 2. The van der Waals surface area contributed by atoms with Crippen LogP contribution in [0.3, 0.4) is 0 Å². The van der Waals surface area contributed by atoms with Gasteiger partial charge in [-0.2, -0.15) is 0 Å².